The molecular weight excluding hydrogens is 311 g/mol. The van der Waals surface area contributed by atoms with Gasteiger partial charge in [-0.25, -0.2) is 0 Å². The molecule has 2 heterocycles. The fourth-order valence-electron chi connectivity index (χ4n) is 4.78. The molecule has 0 radical (unpaired) electrons. The van der Waals surface area contributed by atoms with E-state index in [0.29, 0.717) is 0 Å². The Bertz CT molecular complexity index is 661. The molecule has 3 atom stereocenters. The van der Waals surface area contributed by atoms with Gasteiger partial charge < -0.3 is 10.0 Å². The third-order valence-corrected chi connectivity index (χ3v) is 6.00. The summed E-state index contributed by atoms with van der Waals surface area (Å²) in [5, 5.41) is 13.7. The average molecular weight is 329 g/mol. The Morgan fingerprint density at radius 2 is 2.13 bits per heavy atom. The molecule has 5 nitrogen and oxygen atoms in total. The molecule has 3 unspecified atom stereocenters. The number of nitrogens with zero attached hydrogens (tertiary/aromatic N) is 3. The van der Waals surface area contributed by atoms with Crippen molar-refractivity contribution in [1.82, 2.24) is 14.7 Å². The Kier molecular flexibility index (Phi) is 2.79. The molecule has 0 aromatic carbocycles. The smallest absolute Gasteiger partial charge is 0.378 e. The second kappa shape index (κ2) is 4.28. The molecule has 1 aromatic rings. The number of aromatic nitrogens is 2. The molecule has 1 amide bonds. The Morgan fingerprint density at radius 3 is 2.65 bits per heavy atom. The number of carbonyl (C=O) groups is 1. The van der Waals surface area contributed by atoms with Gasteiger partial charge in [-0.1, -0.05) is 0 Å². The van der Waals surface area contributed by atoms with E-state index < -0.39 is 24.9 Å². The van der Waals surface area contributed by atoms with Crippen LogP contribution in [0.15, 0.2) is 12.3 Å². The van der Waals surface area contributed by atoms with E-state index in [1.54, 1.807) is 10.9 Å². The van der Waals surface area contributed by atoms with Gasteiger partial charge in [-0.05, 0) is 31.2 Å². The van der Waals surface area contributed by atoms with Gasteiger partial charge >= 0.3 is 6.18 Å². The van der Waals surface area contributed by atoms with Crippen molar-refractivity contribution in [3.63, 3.8) is 0 Å². The second-order valence-corrected chi connectivity index (χ2v) is 7.20. The maximum Gasteiger partial charge on any atom is 0.420 e. The molecule has 23 heavy (non-hydrogen) atoms. The highest BCUT2D eigenvalue weighted by Crippen LogP contribution is 2.64. The first-order valence-electron chi connectivity index (χ1n) is 7.74. The van der Waals surface area contributed by atoms with Crippen LogP contribution in [0.3, 0.4) is 0 Å². The largest absolute Gasteiger partial charge is 0.420 e. The zero-order chi connectivity index (χ0) is 16.6. The normalized spacial score (nSPS) is 34.9. The molecule has 2 bridgehead atoms. The van der Waals surface area contributed by atoms with Crippen molar-refractivity contribution in [2.45, 2.75) is 36.5 Å². The van der Waals surface area contributed by atoms with Crippen molar-refractivity contribution < 1.29 is 23.1 Å². The maximum atomic E-state index is 12.7. The first-order valence-corrected chi connectivity index (χ1v) is 7.74. The van der Waals surface area contributed by atoms with E-state index in [1.807, 2.05) is 13.1 Å². The summed E-state index contributed by atoms with van der Waals surface area (Å²) in [7, 11) is 1.82. The lowest BCUT2D eigenvalue weighted by atomic mass is 9.57. The molecule has 126 valence electrons. The molecule has 1 saturated heterocycles. The minimum absolute atomic E-state index is 0.233. The van der Waals surface area contributed by atoms with E-state index >= 15 is 0 Å². The Hall–Kier alpha value is -1.57. The zero-order valence-electron chi connectivity index (χ0n) is 12.7. The highest BCUT2D eigenvalue weighted by atomic mass is 19.4. The van der Waals surface area contributed by atoms with Crippen molar-refractivity contribution in [3.05, 3.63) is 18.0 Å². The molecule has 3 saturated carbocycles. The number of amides is 1. The third kappa shape index (κ3) is 1.78. The van der Waals surface area contributed by atoms with Gasteiger partial charge in [0.2, 0.25) is 5.91 Å². The highest BCUT2D eigenvalue weighted by molar-refractivity contribution is 5.84. The minimum atomic E-state index is -4.69. The fraction of sp³-hybridized carbons (Fsp3) is 0.733. The predicted octanol–water partition coefficient (Wildman–Crippen LogP) is 1.22. The monoisotopic (exact) mass is 329 g/mol. The fourth-order valence-corrected chi connectivity index (χ4v) is 4.78. The minimum Gasteiger partial charge on any atom is -0.378 e. The van der Waals surface area contributed by atoms with Gasteiger partial charge in [0, 0.05) is 24.4 Å². The van der Waals surface area contributed by atoms with E-state index in [1.165, 1.54) is 0 Å². The quantitative estimate of drug-likeness (QED) is 0.888. The lowest BCUT2D eigenvalue weighted by Gasteiger charge is -2.53. The number of likely N-dealkylation sites (tertiary alicyclic amines) is 1. The van der Waals surface area contributed by atoms with Crippen LogP contribution in [0.1, 0.15) is 25.0 Å². The van der Waals surface area contributed by atoms with Crippen molar-refractivity contribution in [3.8, 4) is 0 Å². The van der Waals surface area contributed by atoms with Gasteiger partial charge in [0.05, 0.1) is 19.0 Å². The van der Waals surface area contributed by atoms with Gasteiger partial charge in [-0.2, -0.15) is 18.3 Å². The van der Waals surface area contributed by atoms with E-state index in [-0.39, 0.29) is 23.2 Å². The number of halogens is 3. The van der Waals surface area contributed by atoms with Crippen LogP contribution in [0, 0.1) is 11.8 Å². The standard InChI is InChI=1S/C15H18F3N3O2/c1-20-10(3-5-19-20)13-4-2-9(6-13)11(13)12(22)21-7-14(23,8-21)15(16,17)18/h3,5,9,11,23H,2,4,6-8H2,1H3. The molecule has 3 aliphatic carbocycles. The molecule has 5 rings (SSSR count). The SMILES string of the molecule is Cn1nccc1C12CCC(C1)C2C(=O)N1CC(O)(C(F)(F)F)C1. The van der Waals surface area contributed by atoms with Crippen LogP contribution in [0.4, 0.5) is 13.2 Å². The summed E-state index contributed by atoms with van der Waals surface area (Å²) in [5.74, 6) is -0.304. The Labute approximate surface area is 131 Å². The van der Waals surface area contributed by atoms with E-state index in [2.05, 4.69) is 5.10 Å². The summed E-state index contributed by atoms with van der Waals surface area (Å²) in [4.78, 5) is 13.9. The first kappa shape index (κ1) is 15.0. The number of aliphatic hydroxyl groups is 1. The summed E-state index contributed by atoms with van der Waals surface area (Å²) < 4.78 is 40.0. The molecule has 4 aliphatic rings. The van der Waals surface area contributed by atoms with Crippen LogP contribution >= 0.6 is 0 Å². The van der Waals surface area contributed by atoms with Gasteiger partial charge in [0.15, 0.2) is 5.60 Å². The van der Waals surface area contributed by atoms with E-state index in [9.17, 15) is 23.1 Å². The number of alkyl halides is 3. The summed E-state index contributed by atoms with van der Waals surface area (Å²) in [6.45, 7) is -1.31. The average Bonchev–Trinajstić information content (AvgIpc) is 3.06. The summed E-state index contributed by atoms with van der Waals surface area (Å²) >= 11 is 0. The summed E-state index contributed by atoms with van der Waals surface area (Å²) in [6, 6.07) is 1.89. The number of hydrogen-bond donors (Lipinski definition) is 1. The molecule has 1 aliphatic heterocycles. The summed E-state index contributed by atoms with van der Waals surface area (Å²) in [5.41, 5.74) is -2.06. The van der Waals surface area contributed by atoms with Crippen molar-refractivity contribution >= 4 is 5.91 Å². The predicted molar refractivity (Wildman–Crippen MR) is 73.3 cm³/mol. The van der Waals surface area contributed by atoms with Gasteiger partial charge in [-0.15, -0.1) is 0 Å². The topological polar surface area (TPSA) is 58.4 Å². The number of fused-ring (bicyclic) bond motifs is 1. The van der Waals surface area contributed by atoms with Crippen molar-refractivity contribution in [2.24, 2.45) is 18.9 Å². The van der Waals surface area contributed by atoms with Crippen LogP contribution in [-0.4, -0.2) is 50.6 Å². The second-order valence-electron chi connectivity index (χ2n) is 7.20. The number of carbonyl (C=O) groups excluding carboxylic acids is 1. The van der Waals surface area contributed by atoms with E-state index in [4.69, 9.17) is 0 Å². The Balaban J connectivity index is 1.54. The lowest BCUT2D eigenvalue weighted by Crippen LogP contribution is -2.72. The van der Waals surface area contributed by atoms with Crippen LogP contribution in [0.5, 0.6) is 0 Å². The van der Waals surface area contributed by atoms with Crippen molar-refractivity contribution in [1.29, 1.82) is 0 Å². The molecule has 1 aromatic heterocycles. The van der Waals surface area contributed by atoms with Gasteiger partial charge in [0.25, 0.3) is 0 Å². The zero-order valence-corrected chi connectivity index (χ0v) is 12.7. The lowest BCUT2D eigenvalue weighted by molar-refractivity contribution is -0.298. The third-order valence-electron chi connectivity index (χ3n) is 6.00. The Morgan fingerprint density at radius 1 is 1.43 bits per heavy atom. The van der Waals surface area contributed by atoms with Crippen molar-refractivity contribution in [2.75, 3.05) is 13.1 Å². The van der Waals surface area contributed by atoms with Gasteiger partial charge in [-0.3, -0.25) is 9.48 Å². The van der Waals surface area contributed by atoms with Crippen LogP contribution in [-0.2, 0) is 17.3 Å². The van der Waals surface area contributed by atoms with Crippen LogP contribution < -0.4 is 0 Å². The molecular formula is C15H18F3N3O2. The first-order chi connectivity index (χ1) is 10.7. The van der Waals surface area contributed by atoms with E-state index in [0.717, 1.165) is 29.9 Å². The molecule has 1 N–H and O–H groups in total. The highest BCUT2D eigenvalue weighted by Gasteiger charge is 2.68. The number of hydrogen-bond acceptors (Lipinski definition) is 3. The van der Waals surface area contributed by atoms with Crippen LogP contribution in [0.25, 0.3) is 0 Å². The molecule has 8 heteroatoms. The summed E-state index contributed by atoms with van der Waals surface area (Å²) in [6.07, 6.45) is -0.338. The maximum absolute atomic E-state index is 12.7. The van der Waals surface area contributed by atoms with Gasteiger partial charge in [0.1, 0.15) is 0 Å². The molecule has 4 fully saturated rings. The number of β-amino-alcohol motifs (C(OH)–C–C–N with tert-alkyl or cyclic N) is 1. The number of aryl methyl sites for hydroxylation is 1. The van der Waals surface area contributed by atoms with Crippen LogP contribution in [0.2, 0.25) is 0 Å². The number of rotatable bonds is 2. The molecule has 0 spiro atoms.